The van der Waals surface area contributed by atoms with Crippen LogP contribution in [0, 0.1) is 5.82 Å². The summed E-state index contributed by atoms with van der Waals surface area (Å²) < 4.78 is 25.5. The van der Waals surface area contributed by atoms with Crippen LogP contribution in [0.1, 0.15) is 53.1 Å². The van der Waals surface area contributed by atoms with Gasteiger partial charge in [-0.25, -0.2) is 9.18 Å². The molecule has 1 aliphatic carbocycles. The molecule has 1 saturated heterocycles. The van der Waals surface area contributed by atoms with E-state index in [9.17, 15) is 19.1 Å². The fourth-order valence-electron chi connectivity index (χ4n) is 3.81. The Morgan fingerprint density at radius 3 is 2.57 bits per heavy atom. The van der Waals surface area contributed by atoms with Crippen molar-refractivity contribution in [3.05, 3.63) is 58.9 Å². The summed E-state index contributed by atoms with van der Waals surface area (Å²) in [6, 6.07) is 10.1. The van der Waals surface area contributed by atoms with Gasteiger partial charge in [-0.1, -0.05) is 12.1 Å². The zero-order chi connectivity index (χ0) is 21.3. The van der Waals surface area contributed by atoms with Gasteiger partial charge in [0.2, 0.25) is 5.91 Å². The van der Waals surface area contributed by atoms with Gasteiger partial charge in [-0.15, -0.1) is 0 Å². The van der Waals surface area contributed by atoms with Crippen LogP contribution < -0.4 is 9.47 Å². The molecule has 1 aliphatic heterocycles. The molecule has 1 amide bonds. The molecule has 0 aromatic heterocycles. The molecule has 1 N–H and O–H groups in total. The molecule has 2 fully saturated rings. The second kappa shape index (κ2) is 8.34. The minimum atomic E-state index is -1.28. The second-order valence-corrected chi connectivity index (χ2v) is 7.85. The molecule has 6 nitrogen and oxygen atoms in total. The number of carbonyl (C=O) groups excluding carboxylic acids is 1. The second-order valence-electron chi connectivity index (χ2n) is 7.85. The predicted octanol–water partition coefficient (Wildman–Crippen LogP) is 3.98. The van der Waals surface area contributed by atoms with Crippen LogP contribution in [0.25, 0.3) is 0 Å². The van der Waals surface area contributed by atoms with E-state index in [1.165, 1.54) is 12.1 Å². The molecule has 158 valence electrons. The Kier molecular flexibility index (Phi) is 5.61. The van der Waals surface area contributed by atoms with E-state index in [0.29, 0.717) is 31.7 Å². The van der Waals surface area contributed by atoms with Crippen LogP contribution in [-0.2, 0) is 11.3 Å². The van der Waals surface area contributed by atoms with E-state index >= 15 is 0 Å². The molecule has 1 heterocycles. The third-order valence-electron chi connectivity index (χ3n) is 5.63. The van der Waals surface area contributed by atoms with Crippen molar-refractivity contribution in [2.75, 3.05) is 13.7 Å². The van der Waals surface area contributed by atoms with Gasteiger partial charge in [0.25, 0.3) is 0 Å². The molecule has 0 unspecified atom stereocenters. The van der Waals surface area contributed by atoms with E-state index in [1.807, 2.05) is 24.3 Å². The van der Waals surface area contributed by atoms with Crippen LogP contribution >= 0.6 is 0 Å². The number of nitrogens with zero attached hydrogens (tertiary/aromatic N) is 1. The third kappa shape index (κ3) is 4.40. The lowest BCUT2D eigenvalue weighted by Gasteiger charge is -2.33. The van der Waals surface area contributed by atoms with Crippen LogP contribution in [0.4, 0.5) is 4.39 Å². The first-order valence-corrected chi connectivity index (χ1v) is 10.1. The predicted molar refractivity (Wildman–Crippen MR) is 107 cm³/mol. The Morgan fingerprint density at radius 1 is 1.20 bits per heavy atom. The maximum absolute atomic E-state index is 14.3. The number of carboxylic acid groups (broad SMARTS) is 1. The fraction of sp³-hybridized carbons (Fsp3) is 0.391. The van der Waals surface area contributed by atoms with Crippen LogP contribution in [0.15, 0.2) is 36.4 Å². The first-order valence-electron chi connectivity index (χ1n) is 10.1. The number of likely N-dealkylation sites (tertiary alicyclic amines) is 1. The molecule has 1 atom stereocenters. The van der Waals surface area contributed by atoms with E-state index in [1.54, 1.807) is 12.0 Å². The minimum absolute atomic E-state index is 0.0560. The smallest absolute Gasteiger partial charge is 0.338 e. The van der Waals surface area contributed by atoms with Gasteiger partial charge in [0, 0.05) is 19.0 Å². The quantitative estimate of drug-likeness (QED) is 0.743. The van der Waals surface area contributed by atoms with Gasteiger partial charge in [0.15, 0.2) is 0 Å². The molecule has 0 bridgehead atoms. The summed E-state index contributed by atoms with van der Waals surface area (Å²) in [7, 11) is 1.60. The standard InChI is InChI=1S/C23H24FNO5/c1-29-16-6-2-14(3-7-16)12-25-13-17(8-9-22(25)26)30-21-11-20(24)19(23(27)28)10-18(21)15-4-5-15/h2-3,6-7,10-11,15,17H,4-5,8-9,12-13H2,1H3,(H,27,28)/t17-/m1/s1. The summed E-state index contributed by atoms with van der Waals surface area (Å²) >= 11 is 0. The van der Waals surface area contributed by atoms with Gasteiger partial charge in [0.1, 0.15) is 23.4 Å². The van der Waals surface area contributed by atoms with Crippen molar-refractivity contribution in [1.82, 2.24) is 4.90 Å². The van der Waals surface area contributed by atoms with Crippen molar-refractivity contribution in [3.8, 4) is 11.5 Å². The van der Waals surface area contributed by atoms with Crippen LogP contribution in [-0.4, -0.2) is 41.6 Å². The van der Waals surface area contributed by atoms with Gasteiger partial charge in [0.05, 0.1) is 19.2 Å². The Labute approximate surface area is 174 Å². The molecular weight excluding hydrogens is 389 g/mol. The summed E-state index contributed by atoms with van der Waals surface area (Å²) in [5.41, 5.74) is 1.40. The zero-order valence-electron chi connectivity index (χ0n) is 16.8. The van der Waals surface area contributed by atoms with E-state index in [0.717, 1.165) is 29.7 Å². The van der Waals surface area contributed by atoms with Crippen LogP contribution in [0.2, 0.25) is 0 Å². The van der Waals surface area contributed by atoms with Crippen molar-refractivity contribution in [2.45, 2.75) is 44.2 Å². The van der Waals surface area contributed by atoms with E-state index in [-0.39, 0.29) is 23.5 Å². The molecule has 0 spiro atoms. The number of aromatic carboxylic acids is 1. The summed E-state index contributed by atoms with van der Waals surface area (Å²) in [6.07, 6.45) is 2.51. The highest BCUT2D eigenvalue weighted by atomic mass is 19.1. The summed E-state index contributed by atoms with van der Waals surface area (Å²) in [4.78, 5) is 25.4. The number of carboxylic acids is 1. The number of piperidine rings is 1. The van der Waals surface area contributed by atoms with Crippen molar-refractivity contribution >= 4 is 11.9 Å². The number of carbonyl (C=O) groups is 2. The van der Waals surface area contributed by atoms with Crippen molar-refractivity contribution in [1.29, 1.82) is 0 Å². The number of amides is 1. The van der Waals surface area contributed by atoms with Gasteiger partial charge < -0.3 is 19.5 Å². The molecule has 30 heavy (non-hydrogen) atoms. The third-order valence-corrected chi connectivity index (χ3v) is 5.63. The first kappa shape index (κ1) is 20.2. The number of ether oxygens (including phenoxy) is 2. The maximum Gasteiger partial charge on any atom is 0.338 e. The number of hydrogen-bond donors (Lipinski definition) is 1. The average molecular weight is 413 g/mol. The molecular formula is C23H24FNO5. The maximum atomic E-state index is 14.3. The Balaban J connectivity index is 1.49. The summed E-state index contributed by atoms with van der Waals surface area (Å²) in [5, 5.41) is 9.21. The normalized spacial score (nSPS) is 18.9. The number of methoxy groups -OCH3 is 1. The minimum Gasteiger partial charge on any atom is -0.497 e. The topological polar surface area (TPSA) is 76.1 Å². The first-order chi connectivity index (χ1) is 14.4. The molecule has 4 rings (SSSR count). The number of hydrogen-bond acceptors (Lipinski definition) is 4. The Morgan fingerprint density at radius 2 is 1.93 bits per heavy atom. The Bertz CT molecular complexity index is 955. The lowest BCUT2D eigenvalue weighted by Crippen LogP contribution is -2.44. The largest absolute Gasteiger partial charge is 0.497 e. The summed E-state index contributed by atoms with van der Waals surface area (Å²) in [5.74, 6) is -0.674. The lowest BCUT2D eigenvalue weighted by molar-refractivity contribution is -0.136. The molecule has 2 aromatic carbocycles. The monoisotopic (exact) mass is 413 g/mol. The van der Waals surface area contributed by atoms with E-state index < -0.39 is 11.8 Å². The molecule has 0 radical (unpaired) electrons. The van der Waals surface area contributed by atoms with E-state index in [4.69, 9.17) is 9.47 Å². The van der Waals surface area contributed by atoms with Crippen LogP contribution in [0.5, 0.6) is 11.5 Å². The van der Waals surface area contributed by atoms with Gasteiger partial charge in [-0.3, -0.25) is 4.79 Å². The van der Waals surface area contributed by atoms with Gasteiger partial charge in [-0.05, 0) is 54.5 Å². The zero-order valence-corrected chi connectivity index (χ0v) is 16.8. The van der Waals surface area contributed by atoms with Crippen molar-refractivity contribution in [3.63, 3.8) is 0 Å². The lowest BCUT2D eigenvalue weighted by atomic mass is 10.0. The Hall–Kier alpha value is -3.09. The number of rotatable bonds is 7. The van der Waals surface area contributed by atoms with Crippen LogP contribution in [0.3, 0.4) is 0 Å². The molecule has 2 aromatic rings. The highest BCUT2D eigenvalue weighted by Gasteiger charge is 2.32. The SMILES string of the molecule is COc1ccc(CN2C[C@H](Oc3cc(F)c(C(=O)O)cc3C3CC3)CCC2=O)cc1. The van der Waals surface area contributed by atoms with Gasteiger partial charge >= 0.3 is 5.97 Å². The van der Waals surface area contributed by atoms with Crippen molar-refractivity contribution in [2.24, 2.45) is 0 Å². The number of halogens is 1. The fourth-order valence-corrected chi connectivity index (χ4v) is 3.81. The number of benzene rings is 2. The van der Waals surface area contributed by atoms with E-state index in [2.05, 4.69) is 0 Å². The average Bonchev–Trinajstić information content (AvgIpc) is 3.56. The molecule has 2 aliphatic rings. The highest BCUT2D eigenvalue weighted by molar-refractivity contribution is 5.88. The molecule has 1 saturated carbocycles. The van der Waals surface area contributed by atoms with Crippen molar-refractivity contribution < 1.29 is 28.6 Å². The highest BCUT2D eigenvalue weighted by Crippen LogP contribution is 2.45. The summed E-state index contributed by atoms with van der Waals surface area (Å²) in [6.45, 7) is 0.863. The van der Waals surface area contributed by atoms with Gasteiger partial charge in [-0.2, -0.15) is 0 Å². The molecule has 7 heteroatoms.